The lowest BCUT2D eigenvalue weighted by atomic mass is 9.95. The van der Waals surface area contributed by atoms with E-state index in [1.165, 1.54) is 24.1 Å². The number of ether oxygens (including phenoxy) is 2. The van der Waals surface area contributed by atoms with E-state index in [4.69, 9.17) is 9.47 Å². The van der Waals surface area contributed by atoms with Gasteiger partial charge in [0.2, 0.25) is 11.5 Å². The summed E-state index contributed by atoms with van der Waals surface area (Å²) in [6, 6.07) is 11.8. The molecule has 31 heavy (non-hydrogen) atoms. The topological polar surface area (TPSA) is 84.9 Å². The Morgan fingerprint density at radius 2 is 1.77 bits per heavy atom. The Balaban J connectivity index is 2.01. The van der Waals surface area contributed by atoms with E-state index in [9.17, 15) is 18.8 Å². The third kappa shape index (κ3) is 4.91. The summed E-state index contributed by atoms with van der Waals surface area (Å²) in [4.78, 5) is 38.4. The molecule has 2 amide bonds. The number of nitrogens with zero attached hydrogens (tertiary/aromatic N) is 1. The van der Waals surface area contributed by atoms with Gasteiger partial charge in [-0.1, -0.05) is 24.3 Å². The van der Waals surface area contributed by atoms with Gasteiger partial charge in [0, 0.05) is 33.5 Å². The lowest BCUT2D eigenvalue weighted by molar-refractivity contribution is -0.159. The molecule has 0 bridgehead atoms. The van der Waals surface area contributed by atoms with Crippen molar-refractivity contribution in [3.05, 3.63) is 82.9 Å². The van der Waals surface area contributed by atoms with Crippen molar-refractivity contribution in [2.75, 3.05) is 14.1 Å². The zero-order valence-electron chi connectivity index (χ0n) is 17.6. The smallest absolute Gasteiger partial charge is 0.377 e. The first-order chi connectivity index (χ1) is 14.6. The van der Waals surface area contributed by atoms with Crippen LogP contribution in [0.5, 0.6) is 0 Å². The quantitative estimate of drug-likeness (QED) is 0.587. The Bertz CT molecular complexity index is 1050. The average Bonchev–Trinajstić information content (AvgIpc) is 3.00. The van der Waals surface area contributed by atoms with Crippen molar-refractivity contribution in [3.63, 3.8) is 0 Å². The predicted octanol–water partition coefficient (Wildman–Crippen LogP) is 2.93. The van der Waals surface area contributed by atoms with Crippen LogP contribution in [0, 0.1) is 5.82 Å². The highest BCUT2D eigenvalue weighted by Crippen LogP contribution is 2.30. The van der Waals surface area contributed by atoms with E-state index in [2.05, 4.69) is 5.32 Å². The molecular formula is C23H23FN2O5. The number of esters is 1. The summed E-state index contributed by atoms with van der Waals surface area (Å²) in [5.41, 5.74) is 1.67. The molecule has 1 heterocycles. The summed E-state index contributed by atoms with van der Waals surface area (Å²) in [5, 5.41) is 2.56. The molecule has 2 aromatic carbocycles. The van der Waals surface area contributed by atoms with Gasteiger partial charge in [0.05, 0.1) is 12.1 Å². The largest absolute Gasteiger partial charge is 0.445 e. The molecule has 1 aliphatic rings. The number of rotatable bonds is 5. The van der Waals surface area contributed by atoms with E-state index < -0.39 is 29.5 Å². The molecule has 3 rings (SSSR count). The van der Waals surface area contributed by atoms with Crippen LogP contribution in [0.2, 0.25) is 0 Å². The molecule has 0 radical (unpaired) electrons. The molecule has 1 atom stereocenters. The zero-order valence-corrected chi connectivity index (χ0v) is 17.6. The van der Waals surface area contributed by atoms with Crippen LogP contribution in [0.1, 0.15) is 41.4 Å². The molecule has 1 aliphatic heterocycles. The van der Waals surface area contributed by atoms with Crippen LogP contribution in [0.3, 0.4) is 0 Å². The summed E-state index contributed by atoms with van der Waals surface area (Å²) in [5.74, 6) is -3.29. The van der Waals surface area contributed by atoms with Crippen LogP contribution in [0.25, 0.3) is 0 Å². The summed E-state index contributed by atoms with van der Waals surface area (Å²) in [6.07, 6.45) is 1.07. The summed E-state index contributed by atoms with van der Waals surface area (Å²) in [7, 11) is 3.07. The van der Waals surface area contributed by atoms with Gasteiger partial charge in [-0.15, -0.1) is 0 Å². The second-order valence-electron chi connectivity index (χ2n) is 7.51. The van der Waals surface area contributed by atoms with E-state index in [-0.39, 0.29) is 11.7 Å². The third-order valence-electron chi connectivity index (χ3n) is 4.76. The fraction of sp³-hybridized carbons (Fsp3) is 0.261. The SMILES string of the molecule is CNC(=O)c1cccc(C(c2ccc(F)cc2)N(C)C(=O)/C=C2\OC(C)(C)OC2=O)c1. The van der Waals surface area contributed by atoms with Crippen molar-refractivity contribution >= 4 is 17.8 Å². The first-order valence-electron chi connectivity index (χ1n) is 9.59. The standard InChI is InChI=1S/C23H23FN2O5/c1-23(2)30-18(22(29)31-23)13-19(27)26(4)20(14-8-10-17(24)11-9-14)15-6-5-7-16(12-15)21(28)25-3/h5-13,20H,1-4H3,(H,25,28)/b18-13-. The van der Waals surface area contributed by atoms with Crippen molar-refractivity contribution in [3.8, 4) is 0 Å². The number of carbonyl (C=O) groups is 3. The fourth-order valence-electron chi connectivity index (χ4n) is 3.31. The van der Waals surface area contributed by atoms with Crippen molar-refractivity contribution < 1.29 is 28.2 Å². The molecule has 1 N–H and O–H groups in total. The first-order valence-corrected chi connectivity index (χ1v) is 9.59. The molecule has 7 nitrogen and oxygen atoms in total. The number of likely N-dealkylation sites (N-methyl/N-ethyl adjacent to an activating group) is 1. The van der Waals surface area contributed by atoms with E-state index in [1.807, 2.05) is 0 Å². The van der Waals surface area contributed by atoms with Crippen LogP contribution in [-0.4, -0.2) is 42.6 Å². The molecule has 1 saturated heterocycles. The number of hydrogen-bond acceptors (Lipinski definition) is 5. The Hall–Kier alpha value is -3.68. The Morgan fingerprint density at radius 3 is 2.35 bits per heavy atom. The van der Waals surface area contributed by atoms with Crippen molar-refractivity contribution in [2.24, 2.45) is 0 Å². The van der Waals surface area contributed by atoms with E-state index in [1.54, 1.807) is 57.3 Å². The Labute approximate surface area is 179 Å². The highest BCUT2D eigenvalue weighted by Gasteiger charge is 2.38. The number of benzene rings is 2. The maximum atomic E-state index is 13.5. The molecule has 0 aliphatic carbocycles. The second kappa shape index (κ2) is 8.59. The minimum Gasteiger partial charge on any atom is -0.445 e. The van der Waals surface area contributed by atoms with Crippen LogP contribution in [-0.2, 0) is 19.1 Å². The van der Waals surface area contributed by atoms with Gasteiger partial charge in [-0.3, -0.25) is 9.59 Å². The minimum absolute atomic E-state index is 0.196. The number of nitrogens with one attached hydrogen (secondary N) is 1. The molecule has 162 valence electrons. The van der Waals surface area contributed by atoms with Gasteiger partial charge in [-0.05, 0) is 35.4 Å². The number of halogens is 1. The van der Waals surface area contributed by atoms with E-state index in [0.29, 0.717) is 16.7 Å². The van der Waals surface area contributed by atoms with Gasteiger partial charge >= 0.3 is 5.97 Å². The second-order valence-corrected chi connectivity index (χ2v) is 7.51. The zero-order chi connectivity index (χ0) is 22.8. The number of amides is 2. The van der Waals surface area contributed by atoms with Crippen molar-refractivity contribution in [2.45, 2.75) is 25.7 Å². The Kier molecular flexibility index (Phi) is 6.10. The van der Waals surface area contributed by atoms with Gasteiger partial charge < -0.3 is 19.7 Å². The van der Waals surface area contributed by atoms with Gasteiger partial charge in [-0.25, -0.2) is 9.18 Å². The van der Waals surface area contributed by atoms with Gasteiger partial charge in [-0.2, -0.15) is 0 Å². The lowest BCUT2D eigenvalue weighted by Crippen LogP contribution is -2.31. The molecule has 0 aromatic heterocycles. The van der Waals surface area contributed by atoms with Crippen molar-refractivity contribution in [1.29, 1.82) is 0 Å². The van der Waals surface area contributed by atoms with E-state index in [0.717, 1.165) is 6.08 Å². The summed E-state index contributed by atoms with van der Waals surface area (Å²) >= 11 is 0. The lowest BCUT2D eigenvalue weighted by Gasteiger charge is -2.28. The Morgan fingerprint density at radius 1 is 1.10 bits per heavy atom. The van der Waals surface area contributed by atoms with Gasteiger partial charge in [0.1, 0.15) is 5.82 Å². The molecule has 8 heteroatoms. The maximum Gasteiger partial charge on any atom is 0.377 e. The van der Waals surface area contributed by atoms with Crippen LogP contribution < -0.4 is 5.32 Å². The molecule has 0 saturated carbocycles. The first kappa shape index (κ1) is 22.0. The minimum atomic E-state index is -1.15. The maximum absolute atomic E-state index is 13.5. The van der Waals surface area contributed by atoms with Crippen LogP contribution in [0.4, 0.5) is 4.39 Å². The average molecular weight is 426 g/mol. The molecule has 1 fully saturated rings. The monoisotopic (exact) mass is 426 g/mol. The van der Waals surface area contributed by atoms with Crippen molar-refractivity contribution in [1.82, 2.24) is 10.2 Å². The van der Waals surface area contributed by atoms with Crippen LogP contribution in [0.15, 0.2) is 60.4 Å². The highest BCUT2D eigenvalue weighted by molar-refractivity contribution is 5.98. The number of carbonyl (C=O) groups excluding carboxylic acids is 3. The molecule has 0 spiro atoms. The molecule has 2 aromatic rings. The highest BCUT2D eigenvalue weighted by atomic mass is 19.1. The normalized spacial score (nSPS) is 16.9. The van der Waals surface area contributed by atoms with Gasteiger partial charge in [0.25, 0.3) is 11.8 Å². The summed E-state index contributed by atoms with van der Waals surface area (Å²) in [6.45, 7) is 3.12. The molecule has 1 unspecified atom stereocenters. The fourth-order valence-corrected chi connectivity index (χ4v) is 3.31. The third-order valence-corrected chi connectivity index (χ3v) is 4.76. The predicted molar refractivity (Wildman–Crippen MR) is 110 cm³/mol. The summed E-state index contributed by atoms with van der Waals surface area (Å²) < 4.78 is 23.9. The number of cyclic esters (lactones) is 1. The molecular weight excluding hydrogens is 403 g/mol. The van der Waals surface area contributed by atoms with E-state index >= 15 is 0 Å². The van der Waals surface area contributed by atoms with Gasteiger partial charge in [0.15, 0.2) is 0 Å². The van der Waals surface area contributed by atoms with Crippen LogP contribution >= 0.6 is 0 Å². The number of hydrogen-bond donors (Lipinski definition) is 1.